The third-order valence-electron chi connectivity index (χ3n) is 3.15. The van der Waals surface area contributed by atoms with Gasteiger partial charge in [-0.1, -0.05) is 23.7 Å². The first-order chi connectivity index (χ1) is 10.1. The summed E-state index contributed by atoms with van der Waals surface area (Å²) in [5.41, 5.74) is 0.818. The molecule has 0 spiro atoms. The Hall–Kier alpha value is -1.85. The van der Waals surface area contributed by atoms with Crippen molar-refractivity contribution in [2.45, 2.75) is 6.04 Å². The monoisotopic (exact) mass is 309 g/mol. The van der Waals surface area contributed by atoms with Crippen LogP contribution in [0, 0.1) is 0 Å². The molecule has 0 radical (unpaired) electrons. The van der Waals surface area contributed by atoms with E-state index < -0.39 is 12.0 Å². The van der Waals surface area contributed by atoms with Crippen LogP contribution >= 0.6 is 11.6 Å². The van der Waals surface area contributed by atoms with Crippen LogP contribution in [0.15, 0.2) is 30.3 Å². The molecule has 1 atom stereocenters. The number of esters is 1. The molecule has 1 saturated heterocycles. The van der Waals surface area contributed by atoms with E-state index in [1.54, 1.807) is 24.3 Å². The molecule has 21 heavy (non-hydrogen) atoms. The number of morpholine rings is 1. The molecule has 112 valence electrons. The number of hydrogen-bond acceptors (Lipinski definition) is 4. The molecule has 1 aliphatic rings. The molecule has 1 fully saturated rings. The molecule has 5 nitrogen and oxygen atoms in total. The van der Waals surface area contributed by atoms with Gasteiger partial charge in [0, 0.05) is 17.6 Å². The fraction of sp³-hybridized carbons (Fsp3) is 0.333. The smallest absolute Gasteiger partial charge is 0.331 e. The molecule has 0 aromatic heterocycles. The summed E-state index contributed by atoms with van der Waals surface area (Å²) >= 11 is 5.89. The molecular formula is C15H16ClNO4. The van der Waals surface area contributed by atoms with Gasteiger partial charge < -0.3 is 14.4 Å². The zero-order valence-corrected chi connectivity index (χ0v) is 12.4. The molecule has 1 aromatic carbocycles. The average molecular weight is 310 g/mol. The minimum absolute atomic E-state index is 0.156. The molecule has 2 rings (SSSR count). The number of rotatable bonds is 3. The molecule has 1 amide bonds. The van der Waals surface area contributed by atoms with Crippen molar-refractivity contribution in [2.24, 2.45) is 0 Å². The number of methoxy groups -OCH3 is 1. The van der Waals surface area contributed by atoms with Crippen molar-refractivity contribution < 1.29 is 19.1 Å². The second kappa shape index (κ2) is 7.24. The van der Waals surface area contributed by atoms with Crippen molar-refractivity contribution in [3.05, 3.63) is 40.9 Å². The molecular weight excluding hydrogens is 294 g/mol. The minimum atomic E-state index is -0.694. The number of amides is 1. The maximum absolute atomic E-state index is 12.2. The fourth-order valence-electron chi connectivity index (χ4n) is 2.07. The number of carbonyl (C=O) groups excluding carboxylic acids is 2. The molecule has 0 N–H and O–H groups in total. The van der Waals surface area contributed by atoms with Gasteiger partial charge in [-0.15, -0.1) is 0 Å². The van der Waals surface area contributed by atoms with Crippen LogP contribution in [0.3, 0.4) is 0 Å². The summed E-state index contributed by atoms with van der Waals surface area (Å²) in [4.78, 5) is 25.3. The van der Waals surface area contributed by atoms with Gasteiger partial charge in [-0.2, -0.15) is 0 Å². The van der Waals surface area contributed by atoms with E-state index >= 15 is 0 Å². The van der Waals surface area contributed by atoms with Crippen LogP contribution < -0.4 is 0 Å². The van der Waals surface area contributed by atoms with Gasteiger partial charge in [-0.3, -0.25) is 4.79 Å². The lowest BCUT2D eigenvalue weighted by Gasteiger charge is -2.32. The van der Waals surface area contributed by atoms with Crippen molar-refractivity contribution >= 4 is 29.6 Å². The molecule has 0 bridgehead atoms. The highest BCUT2D eigenvalue weighted by atomic mass is 35.5. The molecule has 1 heterocycles. The van der Waals surface area contributed by atoms with Crippen LogP contribution in [0.25, 0.3) is 6.08 Å². The maximum atomic E-state index is 12.2. The van der Waals surface area contributed by atoms with E-state index in [0.717, 1.165) is 5.56 Å². The van der Waals surface area contributed by atoms with Gasteiger partial charge in [0.1, 0.15) is 0 Å². The number of hydrogen-bond donors (Lipinski definition) is 0. The minimum Gasteiger partial charge on any atom is -0.467 e. The van der Waals surface area contributed by atoms with Crippen molar-refractivity contribution in [1.82, 2.24) is 4.90 Å². The predicted octanol–water partition coefficient (Wildman–Crippen LogP) is 1.75. The number of benzene rings is 1. The van der Waals surface area contributed by atoms with E-state index in [9.17, 15) is 9.59 Å². The average Bonchev–Trinajstić information content (AvgIpc) is 2.52. The Morgan fingerprint density at radius 2 is 2.29 bits per heavy atom. The van der Waals surface area contributed by atoms with Crippen LogP contribution in [-0.2, 0) is 19.1 Å². The Kier molecular flexibility index (Phi) is 5.36. The Balaban J connectivity index is 2.08. The van der Waals surface area contributed by atoms with Crippen LogP contribution in [0.4, 0.5) is 0 Å². The maximum Gasteiger partial charge on any atom is 0.331 e. The third kappa shape index (κ3) is 4.06. The first kappa shape index (κ1) is 15.5. The van der Waals surface area contributed by atoms with Gasteiger partial charge in [-0.05, 0) is 23.8 Å². The lowest BCUT2D eigenvalue weighted by Crippen LogP contribution is -2.52. The fourth-order valence-corrected chi connectivity index (χ4v) is 2.27. The third-order valence-corrected chi connectivity index (χ3v) is 3.39. The van der Waals surface area contributed by atoms with Gasteiger partial charge in [0.15, 0.2) is 6.04 Å². The van der Waals surface area contributed by atoms with Crippen molar-refractivity contribution in [3.8, 4) is 0 Å². The van der Waals surface area contributed by atoms with Gasteiger partial charge in [0.25, 0.3) is 0 Å². The summed E-state index contributed by atoms with van der Waals surface area (Å²) in [6.07, 6.45) is 3.09. The van der Waals surface area contributed by atoms with E-state index in [-0.39, 0.29) is 12.5 Å². The van der Waals surface area contributed by atoms with Gasteiger partial charge in [-0.25, -0.2) is 4.79 Å². The molecule has 1 unspecified atom stereocenters. The molecule has 0 aliphatic carbocycles. The van der Waals surface area contributed by atoms with E-state index in [1.807, 2.05) is 6.07 Å². The number of halogens is 1. The second-order valence-electron chi connectivity index (χ2n) is 4.53. The zero-order valence-electron chi connectivity index (χ0n) is 11.6. The normalized spacial score (nSPS) is 18.8. The Morgan fingerprint density at radius 1 is 1.48 bits per heavy atom. The zero-order chi connectivity index (χ0) is 15.2. The van der Waals surface area contributed by atoms with Crippen LogP contribution in [0.5, 0.6) is 0 Å². The van der Waals surface area contributed by atoms with Gasteiger partial charge in [0.2, 0.25) is 5.91 Å². The standard InChI is InChI=1S/C15H16ClNO4/c1-20-15(19)13-10-21-8-7-17(13)14(18)6-5-11-3-2-4-12(16)9-11/h2-6,9,13H,7-8,10H2,1H3/b6-5+. The topological polar surface area (TPSA) is 55.8 Å². The van der Waals surface area contributed by atoms with E-state index in [1.165, 1.54) is 18.1 Å². The molecule has 1 aromatic rings. The Labute approximate surface area is 128 Å². The lowest BCUT2D eigenvalue weighted by molar-refractivity contribution is -0.158. The van der Waals surface area contributed by atoms with E-state index in [4.69, 9.17) is 21.1 Å². The number of carbonyl (C=O) groups is 2. The second-order valence-corrected chi connectivity index (χ2v) is 4.97. The quantitative estimate of drug-likeness (QED) is 0.630. The summed E-state index contributed by atoms with van der Waals surface area (Å²) in [5.74, 6) is -0.729. The van der Waals surface area contributed by atoms with Gasteiger partial charge in [0.05, 0.1) is 20.3 Å². The highest BCUT2D eigenvalue weighted by molar-refractivity contribution is 6.30. The molecule has 0 saturated carbocycles. The molecule has 6 heteroatoms. The van der Waals surface area contributed by atoms with Gasteiger partial charge >= 0.3 is 5.97 Å². The highest BCUT2D eigenvalue weighted by Gasteiger charge is 2.32. The highest BCUT2D eigenvalue weighted by Crippen LogP contribution is 2.13. The summed E-state index contributed by atoms with van der Waals surface area (Å²) in [6.45, 7) is 0.923. The Morgan fingerprint density at radius 3 is 3.00 bits per heavy atom. The SMILES string of the molecule is COC(=O)C1COCCN1C(=O)/C=C/c1cccc(Cl)c1. The summed E-state index contributed by atoms with van der Waals surface area (Å²) in [5, 5.41) is 0.600. The predicted molar refractivity (Wildman–Crippen MR) is 78.8 cm³/mol. The van der Waals surface area contributed by atoms with E-state index in [0.29, 0.717) is 18.2 Å². The van der Waals surface area contributed by atoms with Crippen LogP contribution in [0.1, 0.15) is 5.56 Å². The Bertz CT molecular complexity index is 558. The van der Waals surface area contributed by atoms with Crippen molar-refractivity contribution in [1.29, 1.82) is 0 Å². The number of ether oxygens (including phenoxy) is 2. The lowest BCUT2D eigenvalue weighted by atomic mass is 10.2. The van der Waals surface area contributed by atoms with Crippen LogP contribution in [-0.4, -0.2) is 49.7 Å². The largest absolute Gasteiger partial charge is 0.467 e. The first-order valence-corrected chi connectivity index (χ1v) is 6.89. The molecule has 1 aliphatic heterocycles. The first-order valence-electron chi connectivity index (χ1n) is 6.51. The summed E-state index contributed by atoms with van der Waals surface area (Å²) in [7, 11) is 1.29. The summed E-state index contributed by atoms with van der Waals surface area (Å²) in [6, 6.07) is 6.46. The van der Waals surface area contributed by atoms with Crippen molar-refractivity contribution in [2.75, 3.05) is 26.9 Å². The summed E-state index contributed by atoms with van der Waals surface area (Å²) < 4.78 is 9.92. The van der Waals surface area contributed by atoms with Crippen LogP contribution in [0.2, 0.25) is 5.02 Å². The number of nitrogens with zero attached hydrogens (tertiary/aromatic N) is 1. The van der Waals surface area contributed by atoms with E-state index in [2.05, 4.69) is 0 Å². The van der Waals surface area contributed by atoms with Crippen molar-refractivity contribution in [3.63, 3.8) is 0 Å².